The molecular formula is C35H28Cl6O8. The van der Waals surface area contributed by atoms with E-state index in [-0.39, 0.29) is 66.0 Å². The second kappa shape index (κ2) is 15.5. The molecule has 0 spiro atoms. The maximum absolute atomic E-state index is 13.3. The predicted octanol–water partition coefficient (Wildman–Crippen LogP) is 10.1. The van der Waals surface area contributed by atoms with Crippen molar-refractivity contribution in [3.8, 4) is 11.5 Å². The lowest BCUT2D eigenvalue weighted by Crippen LogP contribution is -2.27. The monoisotopic (exact) mass is 786 g/mol. The van der Waals surface area contributed by atoms with Crippen LogP contribution in [0.15, 0.2) is 48.5 Å². The Morgan fingerprint density at radius 1 is 0.653 bits per heavy atom. The Balaban J connectivity index is 1.31. The van der Waals surface area contributed by atoms with Crippen molar-refractivity contribution in [3.05, 3.63) is 123 Å². The highest BCUT2D eigenvalue weighted by Gasteiger charge is 2.50. The van der Waals surface area contributed by atoms with Gasteiger partial charge in [-0.2, -0.15) is 0 Å². The van der Waals surface area contributed by atoms with Crippen LogP contribution in [-0.2, 0) is 27.4 Å². The summed E-state index contributed by atoms with van der Waals surface area (Å²) in [7, 11) is 0. The van der Waals surface area contributed by atoms with E-state index in [0.29, 0.717) is 0 Å². The Morgan fingerprint density at radius 2 is 1.06 bits per heavy atom. The molecule has 0 radical (unpaired) electrons. The molecule has 1 N–H and O–H groups in total. The number of aliphatic hydroxyl groups excluding tert-OH is 1. The van der Waals surface area contributed by atoms with E-state index in [2.05, 4.69) is 0 Å². The molecule has 1 saturated heterocycles. The number of carbonyl (C=O) groups is 2. The number of carbonyl (C=O) groups excluding carboxylic acids is 2. The highest BCUT2D eigenvalue weighted by atomic mass is 35.5. The number of hydrogen-bond donors (Lipinski definition) is 1. The van der Waals surface area contributed by atoms with Gasteiger partial charge in [-0.1, -0.05) is 128 Å². The van der Waals surface area contributed by atoms with Crippen LogP contribution in [0.2, 0.25) is 30.1 Å². The largest absolute Gasteiger partial charge is 0.459 e. The van der Waals surface area contributed by atoms with E-state index >= 15 is 0 Å². The molecular weight excluding hydrogens is 761 g/mol. The first-order valence-corrected chi connectivity index (χ1v) is 16.9. The zero-order valence-electron chi connectivity index (χ0n) is 26.3. The lowest BCUT2D eigenvalue weighted by molar-refractivity contribution is -0.0380. The number of esters is 2. The first-order chi connectivity index (χ1) is 23.1. The number of aryl methyl sites for hydroxylation is 4. The number of rotatable bonds is 11. The van der Waals surface area contributed by atoms with Crippen LogP contribution in [0.3, 0.4) is 0 Å². The molecule has 8 nitrogen and oxygen atoms in total. The van der Waals surface area contributed by atoms with Gasteiger partial charge in [-0.05, 0) is 51.0 Å². The highest BCUT2D eigenvalue weighted by molar-refractivity contribution is 6.46. The summed E-state index contributed by atoms with van der Waals surface area (Å²) in [6.07, 6.45) is -4.08. The maximum Gasteiger partial charge on any atom is 0.343 e. The van der Waals surface area contributed by atoms with Gasteiger partial charge in [-0.15, -0.1) is 0 Å². The number of benzene rings is 4. The molecule has 3 unspecified atom stereocenters. The van der Waals surface area contributed by atoms with Crippen molar-refractivity contribution >= 4 is 81.5 Å². The van der Waals surface area contributed by atoms with Gasteiger partial charge < -0.3 is 28.8 Å². The first-order valence-electron chi connectivity index (χ1n) is 14.6. The van der Waals surface area contributed by atoms with E-state index in [9.17, 15) is 14.7 Å². The summed E-state index contributed by atoms with van der Waals surface area (Å²) in [4.78, 5) is 26.5. The maximum atomic E-state index is 13.3. The van der Waals surface area contributed by atoms with Crippen molar-refractivity contribution in [2.24, 2.45) is 0 Å². The van der Waals surface area contributed by atoms with E-state index in [1.165, 1.54) is 12.1 Å². The van der Waals surface area contributed by atoms with Gasteiger partial charge in [-0.25, -0.2) is 9.59 Å². The molecule has 49 heavy (non-hydrogen) atoms. The van der Waals surface area contributed by atoms with Gasteiger partial charge >= 0.3 is 11.9 Å². The standard InChI is InChI=1S/C35H28Cl6O8/c1-15-5-16(2)8-19(7-15)13-45-32(42)25-27(40)21(36)11-23(38)29(25)47-34(44)31-35(49-31)48-30-24(39)12-22(37)28(41)26(30)33(43)46-14-20-9-17(3)6-18(4)10-20/h5-12,31,34-35,44H,13-14H2,1-4H3. The third kappa shape index (κ3) is 8.88. The van der Waals surface area contributed by atoms with Crippen LogP contribution in [0.1, 0.15) is 54.1 Å². The smallest absolute Gasteiger partial charge is 0.343 e. The molecule has 0 amide bonds. The Bertz CT molecular complexity index is 1910. The van der Waals surface area contributed by atoms with Crippen LogP contribution in [0, 0.1) is 27.7 Å². The van der Waals surface area contributed by atoms with E-state index in [4.69, 9.17) is 93.3 Å². The molecule has 3 atom stereocenters. The van der Waals surface area contributed by atoms with Gasteiger partial charge in [0.15, 0.2) is 17.6 Å². The second-order valence-electron chi connectivity index (χ2n) is 11.5. The van der Waals surface area contributed by atoms with Gasteiger partial charge in [0.05, 0.1) is 30.1 Å². The Labute approximate surface area is 312 Å². The highest BCUT2D eigenvalue weighted by Crippen LogP contribution is 2.44. The van der Waals surface area contributed by atoms with Crippen molar-refractivity contribution in [1.82, 2.24) is 0 Å². The molecule has 0 bridgehead atoms. The van der Waals surface area contributed by atoms with Crippen molar-refractivity contribution < 1.29 is 38.4 Å². The van der Waals surface area contributed by atoms with E-state index in [0.717, 1.165) is 33.4 Å². The number of hydrogen-bond acceptors (Lipinski definition) is 8. The molecule has 1 aliphatic heterocycles. The predicted molar refractivity (Wildman–Crippen MR) is 189 cm³/mol. The van der Waals surface area contributed by atoms with Crippen molar-refractivity contribution in [1.29, 1.82) is 0 Å². The summed E-state index contributed by atoms with van der Waals surface area (Å²) in [5.41, 5.74) is 4.95. The second-order valence-corrected chi connectivity index (χ2v) is 13.8. The SMILES string of the molecule is Cc1cc(C)cc(COC(=O)c2c(Cl)c(Cl)cc(Cl)c2OC(O)C2OC2Oc2c(Cl)cc(Cl)c(Cl)c2C(=O)OCc2cc(C)cc(C)c2)c1. The minimum absolute atomic E-state index is 0.0137. The molecule has 0 aromatic heterocycles. The van der Waals surface area contributed by atoms with Crippen LogP contribution < -0.4 is 9.47 Å². The van der Waals surface area contributed by atoms with Gasteiger partial charge in [0.1, 0.15) is 24.3 Å². The average Bonchev–Trinajstić information content (AvgIpc) is 3.79. The lowest BCUT2D eigenvalue weighted by Gasteiger charge is -2.18. The molecule has 5 rings (SSSR count). The molecule has 0 aliphatic carbocycles. The van der Waals surface area contributed by atoms with Crippen LogP contribution in [-0.4, -0.2) is 35.7 Å². The molecule has 1 fully saturated rings. The summed E-state index contributed by atoms with van der Waals surface area (Å²) in [5, 5.41) is 10.3. The Hall–Kier alpha value is -2.92. The van der Waals surface area contributed by atoms with Crippen LogP contribution in [0.25, 0.3) is 0 Å². The topological polar surface area (TPSA) is 104 Å². The molecule has 4 aromatic rings. The first kappa shape index (κ1) is 37.3. The minimum atomic E-state index is -1.76. The number of epoxide rings is 1. The average molecular weight is 789 g/mol. The quantitative estimate of drug-likeness (QED) is 0.0694. The molecule has 258 valence electrons. The number of halogens is 6. The Morgan fingerprint density at radius 3 is 1.51 bits per heavy atom. The third-order valence-electron chi connectivity index (χ3n) is 7.20. The fourth-order valence-electron chi connectivity index (χ4n) is 5.21. The fraction of sp³-hybridized carbons (Fsp3) is 0.257. The van der Waals surface area contributed by atoms with Gasteiger partial charge in [0, 0.05) is 0 Å². The van der Waals surface area contributed by atoms with E-state index < -0.39 is 30.6 Å². The Kier molecular flexibility index (Phi) is 11.8. The fourth-order valence-corrected chi connectivity index (χ4v) is 6.66. The molecule has 4 aromatic carbocycles. The molecule has 1 heterocycles. The van der Waals surface area contributed by atoms with Crippen LogP contribution in [0.4, 0.5) is 0 Å². The molecule has 0 saturated carbocycles. The van der Waals surface area contributed by atoms with E-state index in [1.807, 2.05) is 64.1 Å². The zero-order chi connectivity index (χ0) is 35.7. The third-order valence-corrected chi connectivity index (χ3v) is 9.34. The molecule has 14 heteroatoms. The van der Waals surface area contributed by atoms with Crippen molar-refractivity contribution in [2.45, 2.75) is 59.6 Å². The van der Waals surface area contributed by atoms with Gasteiger partial charge in [0.2, 0.25) is 12.6 Å². The normalized spacial score (nSPS) is 15.8. The summed E-state index contributed by atoms with van der Waals surface area (Å²) in [6.45, 7) is 7.56. The van der Waals surface area contributed by atoms with Crippen LogP contribution in [0.5, 0.6) is 11.5 Å². The summed E-state index contributed by atoms with van der Waals surface area (Å²) >= 11 is 38.0. The summed E-state index contributed by atoms with van der Waals surface area (Å²) in [5.74, 6) is -2.24. The summed E-state index contributed by atoms with van der Waals surface area (Å²) < 4.78 is 28.0. The zero-order valence-corrected chi connectivity index (χ0v) is 30.9. The number of ether oxygens (including phenoxy) is 5. The van der Waals surface area contributed by atoms with Crippen molar-refractivity contribution in [3.63, 3.8) is 0 Å². The van der Waals surface area contributed by atoms with E-state index in [1.54, 1.807) is 0 Å². The van der Waals surface area contributed by atoms with Crippen molar-refractivity contribution in [2.75, 3.05) is 0 Å². The van der Waals surface area contributed by atoms with Gasteiger partial charge in [-0.3, -0.25) is 0 Å². The van der Waals surface area contributed by atoms with Gasteiger partial charge in [0.25, 0.3) is 0 Å². The molecule has 1 aliphatic rings. The van der Waals surface area contributed by atoms with Crippen LogP contribution >= 0.6 is 69.6 Å². The number of aliphatic hydroxyl groups is 1. The lowest BCUT2D eigenvalue weighted by atomic mass is 10.1. The summed E-state index contributed by atoms with van der Waals surface area (Å²) in [6, 6.07) is 14.0. The minimum Gasteiger partial charge on any atom is -0.459 e.